The maximum Gasteiger partial charge on any atom is 0.261 e. The van der Waals surface area contributed by atoms with Crippen molar-refractivity contribution in [3.05, 3.63) is 154 Å². The molecular formula is C38H39N5O5S2. The third-order valence-corrected chi connectivity index (χ3v) is 11.1. The number of carbonyl (C=O) groups excluding carboxylic acids is 1. The van der Waals surface area contributed by atoms with Crippen LogP contribution in [-0.4, -0.2) is 68.7 Å². The fourth-order valence-corrected chi connectivity index (χ4v) is 8.01. The number of carbonyl (C=O) groups is 1. The summed E-state index contributed by atoms with van der Waals surface area (Å²) < 4.78 is 24.3. The van der Waals surface area contributed by atoms with Crippen LogP contribution < -0.4 is 20.7 Å². The summed E-state index contributed by atoms with van der Waals surface area (Å²) in [5.41, 5.74) is 2.97. The first-order valence-corrected chi connectivity index (χ1v) is 18.9. The van der Waals surface area contributed by atoms with Crippen LogP contribution in [0, 0.1) is 10.1 Å². The van der Waals surface area contributed by atoms with Crippen molar-refractivity contribution in [3.63, 3.8) is 0 Å². The lowest BCUT2D eigenvalue weighted by atomic mass is 9.79. The molecule has 1 saturated heterocycles. The number of nitrogens with two attached hydrogens (primary N) is 1. The summed E-state index contributed by atoms with van der Waals surface area (Å²) in [6, 6.07) is 34.0. The van der Waals surface area contributed by atoms with E-state index in [4.69, 9.17) is 5.14 Å². The summed E-state index contributed by atoms with van der Waals surface area (Å²) >= 11 is 1.54. The third kappa shape index (κ3) is 7.90. The quantitative estimate of drug-likeness (QED) is 0.0570. The molecule has 0 bridgehead atoms. The molecule has 1 fully saturated rings. The van der Waals surface area contributed by atoms with Crippen molar-refractivity contribution in [3.8, 4) is 11.1 Å². The van der Waals surface area contributed by atoms with E-state index in [-0.39, 0.29) is 18.2 Å². The van der Waals surface area contributed by atoms with E-state index in [0.29, 0.717) is 5.75 Å². The lowest BCUT2D eigenvalue weighted by Crippen LogP contribution is -2.62. The standard InChI is InChI=1S/C38H39N5O5S2/c39-50(47,48)34-19-20-38(36(26-34)43(45)46,41-22-24-49-33-12-5-2-6-13-33)37(44)29-15-17-31(18-16-29)42-23-21-40-27-32(42)25-30-11-7-8-14-35(30)28-9-3-1-4-10-28/h1-20,26,32,36,40-41H,21-25,27H2,(H2,39,47,48). The van der Waals surface area contributed by atoms with E-state index < -0.39 is 37.2 Å². The number of rotatable bonds is 13. The van der Waals surface area contributed by atoms with E-state index in [1.54, 1.807) is 12.1 Å². The number of sulfonamides is 1. The first-order chi connectivity index (χ1) is 24.2. The van der Waals surface area contributed by atoms with Crippen LogP contribution in [0.1, 0.15) is 15.9 Å². The van der Waals surface area contributed by atoms with Gasteiger partial charge in [-0.3, -0.25) is 20.2 Å². The molecule has 3 atom stereocenters. The molecule has 0 radical (unpaired) electrons. The van der Waals surface area contributed by atoms with Crippen molar-refractivity contribution in [1.82, 2.24) is 10.6 Å². The first kappa shape index (κ1) is 35.2. The van der Waals surface area contributed by atoms with Gasteiger partial charge in [0.1, 0.15) is 0 Å². The van der Waals surface area contributed by atoms with Gasteiger partial charge in [0.25, 0.3) is 6.04 Å². The maximum atomic E-state index is 14.4. The summed E-state index contributed by atoms with van der Waals surface area (Å²) in [4.78, 5) is 29.1. The van der Waals surface area contributed by atoms with Crippen LogP contribution in [0.4, 0.5) is 5.69 Å². The Bertz CT molecular complexity index is 1990. The molecule has 4 aromatic rings. The summed E-state index contributed by atoms with van der Waals surface area (Å²) in [6.45, 7) is 2.60. The van der Waals surface area contributed by atoms with Gasteiger partial charge in [0.15, 0.2) is 11.3 Å². The molecule has 0 saturated carbocycles. The minimum absolute atomic E-state index is 0.146. The Morgan fingerprint density at radius 1 is 0.980 bits per heavy atom. The summed E-state index contributed by atoms with van der Waals surface area (Å²) in [5.74, 6) is -0.0233. The molecule has 4 aromatic carbocycles. The summed E-state index contributed by atoms with van der Waals surface area (Å²) in [7, 11) is -4.24. The molecule has 258 valence electrons. The summed E-state index contributed by atoms with van der Waals surface area (Å²) in [6.07, 6.45) is 4.22. The Balaban J connectivity index is 1.25. The van der Waals surface area contributed by atoms with E-state index in [9.17, 15) is 23.3 Å². The molecule has 0 aromatic heterocycles. The molecule has 2 aliphatic rings. The van der Waals surface area contributed by atoms with Gasteiger partial charge in [0.05, 0.1) is 4.91 Å². The van der Waals surface area contributed by atoms with Crippen LogP contribution in [0.25, 0.3) is 11.1 Å². The number of primary sulfonamides is 1. The normalized spacial score (nSPS) is 20.7. The van der Waals surface area contributed by atoms with Gasteiger partial charge in [-0.2, -0.15) is 0 Å². The zero-order chi connectivity index (χ0) is 35.1. The minimum Gasteiger partial charge on any atom is -0.366 e. The number of benzene rings is 4. The number of nitro groups is 1. The second kappa shape index (κ2) is 15.5. The highest BCUT2D eigenvalue weighted by Gasteiger charge is 2.52. The Morgan fingerprint density at radius 2 is 1.66 bits per heavy atom. The Morgan fingerprint density at radius 3 is 2.36 bits per heavy atom. The molecule has 1 aliphatic carbocycles. The monoisotopic (exact) mass is 709 g/mol. The highest BCUT2D eigenvalue weighted by Crippen LogP contribution is 2.32. The van der Waals surface area contributed by atoms with Crippen LogP contribution in [0.5, 0.6) is 0 Å². The van der Waals surface area contributed by atoms with Crippen LogP contribution in [0.2, 0.25) is 0 Å². The van der Waals surface area contributed by atoms with Gasteiger partial charge in [0.2, 0.25) is 10.0 Å². The maximum absolute atomic E-state index is 14.4. The topological polar surface area (TPSA) is 148 Å². The zero-order valence-electron chi connectivity index (χ0n) is 27.4. The number of hydrogen-bond acceptors (Lipinski definition) is 9. The number of hydrogen-bond donors (Lipinski definition) is 3. The second-order valence-corrected chi connectivity index (χ2v) is 15.0. The van der Waals surface area contributed by atoms with Crippen molar-refractivity contribution in [2.75, 3.05) is 36.8 Å². The van der Waals surface area contributed by atoms with Gasteiger partial charge in [-0.25, -0.2) is 13.6 Å². The molecule has 0 spiro atoms. The highest BCUT2D eigenvalue weighted by atomic mass is 32.2. The predicted molar refractivity (Wildman–Crippen MR) is 199 cm³/mol. The first-order valence-electron chi connectivity index (χ1n) is 16.4. The molecular weight excluding hydrogens is 671 g/mol. The highest BCUT2D eigenvalue weighted by molar-refractivity contribution is 7.99. The zero-order valence-corrected chi connectivity index (χ0v) is 29.0. The molecule has 6 rings (SSSR count). The smallest absolute Gasteiger partial charge is 0.261 e. The largest absolute Gasteiger partial charge is 0.366 e. The SMILES string of the molecule is NS(=O)(=O)C1=CC([N+](=O)[O-])C(NCCSc2ccccc2)(C(=O)c2ccc(N3CCNCC3Cc3ccccc3-c3ccccc3)cc2)C=C1. The van der Waals surface area contributed by atoms with E-state index in [0.717, 1.165) is 42.7 Å². The van der Waals surface area contributed by atoms with E-state index in [1.165, 1.54) is 40.6 Å². The number of allylic oxidation sites excluding steroid dienone is 1. The number of anilines is 1. The van der Waals surface area contributed by atoms with Crippen LogP contribution in [-0.2, 0) is 16.4 Å². The lowest BCUT2D eigenvalue weighted by Gasteiger charge is -2.39. The number of ketones is 1. The molecule has 1 aliphatic heterocycles. The molecule has 3 unspecified atom stereocenters. The van der Waals surface area contributed by atoms with Crippen molar-refractivity contribution in [1.29, 1.82) is 0 Å². The lowest BCUT2D eigenvalue weighted by molar-refractivity contribution is -0.516. The van der Waals surface area contributed by atoms with Gasteiger partial charge < -0.3 is 10.2 Å². The van der Waals surface area contributed by atoms with Crippen LogP contribution >= 0.6 is 11.8 Å². The third-order valence-electron chi connectivity index (χ3n) is 9.13. The average Bonchev–Trinajstić information content (AvgIpc) is 3.14. The fourth-order valence-electron chi connectivity index (χ4n) is 6.65. The van der Waals surface area contributed by atoms with Crippen molar-refractivity contribution in [2.45, 2.75) is 28.9 Å². The van der Waals surface area contributed by atoms with E-state index in [2.05, 4.69) is 51.9 Å². The molecule has 0 amide bonds. The van der Waals surface area contributed by atoms with Crippen molar-refractivity contribution in [2.24, 2.45) is 5.14 Å². The van der Waals surface area contributed by atoms with Crippen LogP contribution in [0.15, 0.2) is 137 Å². The van der Waals surface area contributed by atoms with E-state index in [1.807, 2.05) is 60.7 Å². The molecule has 1 heterocycles. The van der Waals surface area contributed by atoms with Gasteiger partial charge in [-0.05, 0) is 71.7 Å². The molecule has 12 heteroatoms. The molecule has 10 nitrogen and oxygen atoms in total. The van der Waals surface area contributed by atoms with Gasteiger partial charge >= 0.3 is 0 Å². The van der Waals surface area contributed by atoms with Gasteiger partial charge in [0, 0.05) is 65.1 Å². The Labute approximate surface area is 296 Å². The Kier molecular flexibility index (Phi) is 10.9. The van der Waals surface area contributed by atoms with Crippen LogP contribution in [0.3, 0.4) is 0 Å². The molecule has 50 heavy (non-hydrogen) atoms. The summed E-state index contributed by atoms with van der Waals surface area (Å²) in [5, 5.41) is 24.5. The number of nitrogens with zero attached hydrogens (tertiary/aromatic N) is 2. The fraction of sp³-hybridized carbons (Fsp3) is 0.237. The van der Waals surface area contributed by atoms with Gasteiger partial charge in [-0.1, -0.05) is 72.8 Å². The number of nitrogens with one attached hydrogen (secondary N) is 2. The second-order valence-electron chi connectivity index (χ2n) is 12.3. The molecule has 4 N–H and O–H groups in total. The average molecular weight is 710 g/mol. The van der Waals surface area contributed by atoms with E-state index >= 15 is 0 Å². The minimum atomic E-state index is -4.24. The number of piperazine rings is 1. The number of thioether (sulfide) groups is 1. The van der Waals surface area contributed by atoms with Gasteiger partial charge in [-0.15, -0.1) is 11.8 Å². The van der Waals surface area contributed by atoms with Crippen molar-refractivity contribution >= 4 is 33.3 Å². The number of Topliss-reactive ketones (excluding diaryl/α,β-unsaturated/α-hetero) is 1. The Hall–Kier alpha value is -4.59. The predicted octanol–water partition coefficient (Wildman–Crippen LogP) is 5.07. The van der Waals surface area contributed by atoms with Crippen molar-refractivity contribution < 1.29 is 18.1 Å².